The molecule has 0 saturated heterocycles. The summed E-state index contributed by atoms with van der Waals surface area (Å²) in [5, 5.41) is 3.20. The molecule has 3 aromatic rings. The molecule has 0 aromatic heterocycles. The molecule has 1 N–H and O–H groups in total. The van der Waals surface area contributed by atoms with Crippen LogP contribution in [0.4, 0.5) is 11.4 Å². The van der Waals surface area contributed by atoms with Gasteiger partial charge in [0.15, 0.2) is 0 Å². The van der Waals surface area contributed by atoms with Crippen molar-refractivity contribution in [3.63, 3.8) is 0 Å². The Balaban J connectivity index is 1.79. The van der Waals surface area contributed by atoms with Crippen LogP contribution in [0.25, 0.3) is 5.57 Å². The van der Waals surface area contributed by atoms with Gasteiger partial charge in [-0.1, -0.05) is 55.0 Å². The molecule has 1 heterocycles. The Morgan fingerprint density at radius 1 is 0.903 bits per heavy atom. The average molecular weight is 412 g/mol. The largest absolute Gasteiger partial charge is 0.497 e. The van der Waals surface area contributed by atoms with Gasteiger partial charge in [-0.15, -0.1) is 0 Å². The van der Waals surface area contributed by atoms with Crippen LogP contribution in [0.2, 0.25) is 0 Å². The van der Waals surface area contributed by atoms with E-state index in [9.17, 15) is 9.59 Å². The zero-order valence-corrected chi connectivity index (χ0v) is 17.8. The van der Waals surface area contributed by atoms with Gasteiger partial charge in [0, 0.05) is 11.8 Å². The molecule has 156 valence electrons. The van der Waals surface area contributed by atoms with Gasteiger partial charge in [0.1, 0.15) is 11.4 Å². The molecule has 1 aliphatic rings. The number of nitrogens with one attached hydrogen (secondary N) is 1. The topological polar surface area (TPSA) is 58.6 Å². The summed E-state index contributed by atoms with van der Waals surface area (Å²) >= 11 is 0. The maximum atomic E-state index is 13.5. The first-order valence-corrected chi connectivity index (χ1v) is 10.2. The highest BCUT2D eigenvalue weighted by Crippen LogP contribution is 2.35. The Morgan fingerprint density at radius 2 is 1.61 bits per heavy atom. The molecule has 31 heavy (non-hydrogen) atoms. The molecule has 2 amide bonds. The number of anilines is 2. The number of benzene rings is 3. The molecule has 0 fully saturated rings. The van der Waals surface area contributed by atoms with Gasteiger partial charge < -0.3 is 10.1 Å². The molecule has 0 bridgehead atoms. The maximum Gasteiger partial charge on any atom is 0.282 e. The molecule has 1 aliphatic heterocycles. The van der Waals surface area contributed by atoms with Crippen LogP contribution >= 0.6 is 0 Å². The summed E-state index contributed by atoms with van der Waals surface area (Å²) in [5.41, 5.74) is 4.82. The van der Waals surface area contributed by atoms with E-state index in [1.165, 1.54) is 10.5 Å². The van der Waals surface area contributed by atoms with Gasteiger partial charge >= 0.3 is 0 Å². The first-order valence-electron chi connectivity index (χ1n) is 10.2. The summed E-state index contributed by atoms with van der Waals surface area (Å²) in [5.74, 6) is -0.185. The lowest BCUT2D eigenvalue weighted by Gasteiger charge is -2.16. The van der Waals surface area contributed by atoms with E-state index in [4.69, 9.17) is 4.74 Å². The van der Waals surface area contributed by atoms with Crippen molar-refractivity contribution in [3.8, 4) is 5.75 Å². The minimum absolute atomic E-state index is 0.265. The smallest absolute Gasteiger partial charge is 0.282 e. The maximum absolute atomic E-state index is 13.5. The highest BCUT2D eigenvalue weighted by molar-refractivity contribution is 6.46. The molecule has 0 spiro atoms. The van der Waals surface area contributed by atoms with Gasteiger partial charge in [-0.05, 0) is 48.7 Å². The molecule has 3 aromatic carbocycles. The Bertz CT molecular complexity index is 1160. The highest BCUT2D eigenvalue weighted by Gasteiger charge is 2.40. The molecule has 0 unspecified atom stereocenters. The van der Waals surface area contributed by atoms with Crippen LogP contribution < -0.4 is 15.0 Å². The molecule has 0 radical (unpaired) electrons. The standard InChI is InChI=1S/C26H24N2O3/c1-4-18-10-14-20(15-11-18)27-24-23(19-12-8-17(2)9-13-19)25(29)28(26(24)30)21-6-5-7-22(16-21)31-3/h5-16,27H,4H2,1-3H3. The highest BCUT2D eigenvalue weighted by atomic mass is 16.5. The summed E-state index contributed by atoms with van der Waals surface area (Å²) in [4.78, 5) is 28.1. The van der Waals surface area contributed by atoms with Crippen LogP contribution in [0.1, 0.15) is 23.6 Å². The number of hydrogen-bond acceptors (Lipinski definition) is 4. The molecule has 4 rings (SSSR count). The SMILES string of the molecule is CCc1ccc(NC2=C(c3ccc(C)cc3)C(=O)N(c3cccc(OC)c3)C2=O)cc1. The van der Waals surface area contributed by atoms with E-state index in [-0.39, 0.29) is 11.6 Å². The normalized spacial score (nSPS) is 13.7. The lowest BCUT2D eigenvalue weighted by atomic mass is 10.0. The second-order valence-electron chi connectivity index (χ2n) is 7.44. The van der Waals surface area contributed by atoms with Crippen LogP contribution in [0.5, 0.6) is 5.75 Å². The lowest BCUT2D eigenvalue weighted by Crippen LogP contribution is -2.32. The lowest BCUT2D eigenvalue weighted by molar-refractivity contribution is -0.120. The second kappa shape index (κ2) is 8.48. The summed E-state index contributed by atoms with van der Waals surface area (Å²) in [6, 6.07) is 22.4. The van der Waals surface area contributed by atoms with Crippen molar-refractivity contribution in [1.29, 1.82) is 0 Å². The third kappa shape index (κ3) is 3.94. The third-order valence-corrected chi connectivity index (χ3v) is 5.37. The number of nitrogens with zero attached hydrogens (tertiary/aromatic N) is 1. The number of ether oxygens (including phenoxy) is 1. The monoisotopic (exact) mass is 412 g/mol. The Labute approximate surface area is 182 Å². The van der Waals surface area contributed by atoms with E-state index in [0.29, 0.717) is 22.6 Å². The number of methoxy groups -OCH3 is 1. The first kappa shape index (κ1) is 20.4. The number of aryl methyl sites for hydroxylation is 2. The van der Waals surface area contributed by atoms with Crippen molar-refractivity contribution in [2.75, 3.05) is 17.3 Å². The Kier molecular flexibility index (Phi) is 5.58. The minimum atomic E-state index is -0.395. The van der Waals surface area contributed by atoms with Crippen molar-refractivity contribution < 1.29 is 14.3 Å². The number of imide groups is 1. The predicted molar refractivity (Wildman–Crippen MR) is 123 cm³/mol. The van der Waals surface area contributed by atoms with Gasteiger partial charge in [-0.2, -0.15) is 0 Å². The van der Waals surface area contributed by atoms with Crippen LogP contribution in [0.3, 0.4) is 0 Å². The zero-order chi connectivity index (χ0) is 22.0. The molecular formula is C26H24N2O3. The molecule has 0 atom stereocenters. The van der Waals surface area contributed by atoms with Crippen LogP contribution in [-0.4, -0.2) is 18.9 Å². The number of rotatable bonds is 6. The number of amides is 2. The second-order valence-corrected chi connectivity index (χ2v) is 7.44. The van der Waals surface area contributed by atoms with E-state index in [1.807, 2.05) is 55.5 Å². The van der Waals surface area contributed by atoms with Crippen molar-refractivity contribution in [3.05, 3.63) is 95.2 Å². The Morgan fingerprint density at radius 3 is 2.26 bits per heavy atom. The van der Waals surface area contributed by atoms with Gasteiger partial charge in [-0.3, -0.25) is 9.59 Å². The van der Waals surface area contributed by atoms with E-state index < -0.39 is 5.91 Å². The van der Waals surface area contributed by atoms with Gasteiger partial charge in [-0.25, -0.2) is 4.90 Å². The van der Waals surface area contributed by atoms with E-state index >= 15 is 0 Å². The van der Waals surface area contributed by atoms with Crippen molar-refractivity contribution in [2.45, 2.75) is 20.3 Å². The summed E-state index contributed by atoms with van der Waals surface area (Å²) < 4.78 is 5.28. The fraction of sp³-hybridized carbons (Fsp3) is 0.154. The summed E-state index contributed by atoms with van der Waals surface area (Å²) in [7, 11) is 1.55. The van der Waals surface area contributed by atoms with E-state index in [2.05, 4.69) is 12.2 Å². The minimum Gasteiger partial charge on any atom is -0.497 e. The average Bonchev–Trinajstić information content (AvgIpc) is 3.04. The van der Waals surface area contributed by atoms with E-state index in [1.54, 1.807) is 31.4 Å². The Hall–Kier alpha value is -3.86. The summed E-state index contributed by atoms with van der Waals surface area (Å²) in [6.07, 6.45) is 0.929. The van der Waals surface area contributed by atoms with Gasteiger partial charge in [0.2, 0.25) is 0 Å². The number of hydrogen-bond donors (Lipinski definition) is 1. The molecule has 5 nitrogen and oxygen atoms in total. The van der Waals surface area contributed by atoms with Crippen molar-refractivity contribution >= 4 is 28.8 Å². The van der Waals surface area contributed by atoms with Crippen LogP contribution in [0, 0.1) is 6.92 Å². The van der Waals surface area contributed by atoms with Crippen LogP contribution in [-0.2, 0) is 16.0 Å². The predicted octanol–water partition coefficient (Wildman–Crippen LogP) is 4.96. The van der Waals surface area contributed by atoms with Crippen molar-refractivity contribution in [2.24, 2.45) is 0 Å². The quantitative estimate of drug-likeness (QED) is 0.581. The molecule has 5 heteroatoms. The van der Waals surface area contributed by atoms with Crippen molar-refractivity contribution in [1.82, 2.24) is 0 Å². The first-order chi connectivity index (χ1) is 15.0. The molecule has 0 aliphatic carbocycles. The third-order valence-electron chi connectivity index (χ3n) is 5.37. The fourth-order valence-electron chi connectivity index (χ4n) is 3.59. The number of carbonyl (C=O) groups is 2. The molecule has 0 saturated carbocycles. The van der Waals surface area contributed by atoms with Crippen LogP contribution in [0.15, 0.2) is 78.5 Å². The summed E-state index contributed by atoms with van der Waals surface area (Å²) in [6.45, 7) is 4.07. The fourth-order valence-corrected chi connectivity index (χ4v) is 3.59. The molecular weight excluding hydrogens is 388 g/mol. The zero-order valence-electron chi connectivity index (χ0n) is 17.8. The van der Waals surface area contributed by atoms with Gasteiger partial charge in [0.05, 0.1) is 18.4 Å². The van der Waals surface area contributed by atoms with E-state index in [0.717, 1.165) is 17.7 Å². The number of carbonyl (C=O) groups excluding carboxylic acids is 2. The van der Waals surface area contributed by atoms with Gasteiger partial charge in [0.25, 0.3) is 11.8 Å².